The van der Waals surface area contributed by atoms with E-state index in [1.54, 1.807) is 0 Å². The fourth-order valence-corrected chi connectivity index (χ4v) is 5.62. The zero-order valence-corrected chi connectivity index (χ0v) is 24.8. The van der Waals surface area contributed by atoms with Gasteiger partial charge in [-0.3, -0.25) is 0 Å². The van der Waals surface area contributed by atoms with E-state index in [0.717, 1.165) is 70.6 Å². The summed E-state index contributed by atoms with van der Waals surface area (Å²) >= 11 is 0. The Balaban J connectivity index is 1.68. The Morgan fingerprint density at radius 3 is 1.44 bits per heavy atom. The van der Waals surface area contributed by atoms with Gasteiger partial charge in [-0.25, -0.2) is 4.98 Å². The van der Waals surface area contributed by atoms with Crippen molar-refractivity contribution in [1.82, 2.24) is 4.98 Å². The summed E-state index contributed by atoms with van der Waals surface area (Å²) in [6, 6.07) is 32.8. The molecule has 4 aromatic carbocycles. The summed E-state index contributed by atoms with van der Waals surface area (Å²) in [7, 11) is 0. The summed E-state index contributed by atoms with van der Waals surface area (Å²) in [5, 5.41) is 0. The third-order valence-electron chi connectivity index (χ3n) is 8.18. The smallest absolute Gasteiger partial charge is 0.0718 e. The highest BCUT2D eigenvalue weighted by atomic mass is 14.7. The van der Waals surface area contributed by atoms with Crippen LogP contribution in [0.25, 0.3) is 44.8 Å². The second-order valence-corrected chi connectivity index (χ2v) is 10.7. The van der Waals surface area contributed by atoms with Gasteiger partial charge in [0.15, 0.2) is 0 Å². The molecule has 0 unspecified atom stereocenters. The van der Waals surface area contributed by atoms with Crippen LogP contribution >= 0.6 is 0 Å². The molecule has 1 heterocycles. The number of aromatic nitrogens is 1. The first kappa shape index (κ1) is 28.3. The Morgan fingerprint density at radius 1 is 0.488 bits per heavy atom. The third-order valence-corrected chi connectivity index (χ3v) is 8.18. The zero-order valence-electron chi connectivity index (χ0n) is 24.8. The number of aryl methyl sites for hydroxylation is 4. The van der Waals surface area contributed by atoms with Gasteiger partial charge in [-0.2, -0.15) is 0 Å². The van der Waals surface area contributed by atoms with Crippen LogP contribution in [0.2, 0.25) is 0 Å². The number of anilines is 1. The molecule has 0 aliphatic rings. The van der Waals surface area contributed by atoms with Crippen LogP contribution in [-0.4, -0.2) is 4.98 Å². The molecule has 5 rings (SSSR count). The van der Waals surface area contributed by atoms with Crippen LogP contribution < -0.4 is 11.5 Å². The molecule has 0 saturated carbocycles. The highest BCUT2D eigenvalue weighted by Gasteiger charge is 2.15. The van der Waals surface area contributed by atoms with Crippen molar-refractivity contribution in [3.05, 3.63) is 119 Å². The lowest BCUT2D eigenvalue weighted by atomic mass is 9.92. The molecule has 0 bridgehead atoms. The van der Waals surface area contributed by atoms with Crippen LogP contribution in [0.1, 0.15) is 55.5 Å². The summed E-state index contributed by atoms with van der Waals surface area (Å²) in [5.74, 6) is 0. The zero-order chi connectivity index (χ0) is 28.9. The van der Waals surface area contributed by atoms with Crippen molar-refractivity contribution in [3.63, 3.8) is 0 Å². The van der Waals surface area contributed by atoms with Gasteiger partial charge in [0.25, 0.3) is 0 Å². The summed E-state index contributed by atoms with van der Waals surface area (Å²) in [6.07, 6.45) is 3.95. The first-order valence-electron chi connectivity index (χ1n) is 14.9. The number of hydrogen-bond acceptors (Lipinski definition) is 3. The van der Waals surface area contributed by atoms with E-state index in [-0.39, 0.29) is 0 Å². The molecule has 0 spiro atoms. The van der Waals surface area contributed by atoms with Gasteiger partial charge in [0.1, 0.15) is 0 Å². The largest absolute Gasteiger partial charge is 0.398 e. The number of rotatable bonds is 9. The molecule has 0 fully saturated rings. The molecule has 3 nitrogen and oxygen atoms in total. The molecular formula is C38H41N3. The summed E-state index contributed by atoms with van der Waals surface area (Å²) in [5.41, 5.74) is 28.4. The summed E-state index contributed by atoms with van der Waals surface area (Å²) < 4.78 is 0. The molecule has 5 aromatic rings. The van der Waals surface area contributed by atoms with Gasteiger partial charge < -0.3 is 11.5 Å². The van der Waals surface area contributed by atoms with Crippen molar-refractivity contribution in [2.24, 2.45) is 5.73 Å². The predicted octanol–water partition coefficient (Wildman–Crippen LogP) is 9.04. The van der Waals surface area contributed by atoms with E-state index < -0.39 is 0 Å². The van der Waals surface area contributed by atoms with Crippen LogP contribution in [0.5, 0.6) is 0 Å². The maximum atomic E-state index is 6.77. The molecule has 4 N–H and O–H groups in total. The van der Waals surface area contributed by atoms with E-state index in [1.807, 2.05) is 0 Å². The van der Waals surface area contributed by atoms with Crippen molar-refractivity contribution in [2.45, 2.75) is 59.9 Å². The van der Waals surface area contributed by atoms with Crippen molar-refractivity contribution in [1.29, 1.82) is 0 Å². The van der Waals surface area contributed by atoms with Gasteiger partial charge in [0.2, 0.25) is 0 Å². The maximum Gasteiger partial charge on any atom is 0.0718 e. The average molecular weight is 540 g/mol. The minimum Gasteiger partial charge on any atom is -0.398 e. The van der Waals surface area contributed by atoms with E-state index in [4.69, 9.17) is 16.5 Å². The second kappa shape index (κ2) is 12.5. The molecule has 0 aliphatic carbocycles. The van der Waals surface area contributed by atoms with Crippen molar-refractivity contribution < 1.29 is 0 Å². The average Bonchev–Trinajstić information content (AvgIpc) is 3.03. The van der Waals surface area contributed by atoms with Gasteiger partial charge in [0, 0.05) is 28.9 Å². The first-order valence-corrected chi connectivity index (χ1v) is 14.9. The molecular weight excluding hydrogens is 498 g/mol. The minimum absolute atomic E-state index is 0.538. The molecule has 0 atom stereocenters. The third kappa shape index (κ3) is 5.96. The van der Waals surface area contributed by atoms with Gasteiger partial charge in [-0.1, -0.05) is 100 Å². The van der Waals surface area contributed by atoms with Gasteiger partial charge in [-0.05, 0) is 88.4 Å². The highest BCUT2D eigenvalue weighted by molar-refractivity contribution is 5.86. The summed E-state index contributed by atoms with van der Waals surface area (Å²) in [4.78, 5) is 5.29. The van der Waals surface area contributed by atoms with Gasteiger partial charge in [-0.15, -0.1) is 0 Å². The van der Waals surface area contributed by atoms with Crippen LogP contribution in [-0.2, 0) is 32.2 Å². The fraction of sp³-hybridized carbons (Fsp3) is 0.237. The molecule has 0 radical (unpaired) electrons. The lowest BCUT2D eigenvalue weighted by molar-refractivity contribution is 1.07. The number of hydrogen-bond donors (Lipinski definition) is 2. The quantitative estimate of drug-likeness (QED) is 0.184. The van der Waals surface area contributed by atoms with Crippen LogP contribution in [0.3, 0.4) is 0 Å². The first-order chi connectivity index (χ1) is 20.0. The second-order valence-electron chi connectivity index (χ2n) is 10.7. The lowest BCUT2D eigenvalue weighted by Crippen LogP contribution is -1.99. The Hall–Kier alpha value is -4.21. The van der Waals surface area contributed by atoms with E-state index >= 15 is 0 Å². The fourth-order valence-electron chi connectivity index (χ4n) is 5.62. The standard InChI is InChI=1S/C38H41N3/c1-5-25-11-16-34(28(7-3)19-25)37-22-32(23-38(41-37)35-17-12-26(6-2)20-29(35)8-4)33-18-15-31(21-36(33)40)30-13-9-27(24-39)10-14-30/h9-23H,5-8,24,39-40H2,1-4H3. The van der Waals surface area contributed by atoms with Crippen LogP contribution in [0, 0.1) is 0 Å². The van der Waals surface area contributed by atoms with Crippen LogP contribution in [0.15, 0.2) is 91.0 Å². The van der Waals surface area contributed by atoms with Gasteiger partial charge in [0.05, 0.1) is 11.4 Å². The molecule has 208 valence electrons. The predicted molar refractivity (Wildman–Crippen MR) is 176 cm³/mol. The molecule has 0 saturated heterocycles. The van der Waals surface area contributed by atoms with Crippen LogP contribution in [0.4, 0.5) is 5.69 Å². The van der Waals surface area contributed by atoms with E-state index in [9.17, 15) is 0 Å². The van der Waals surface area contributed by atoms with Gasteiger partial charge >= 0.3 is 0 Å². The monoisotopic (exact) mass is 539 g/mol. The van der Waals surface area contributed by atoms with Crippen molar-refractivity contribution >= 4 is 5.69 Å². The number of pyridine rings is 1. The molecule has 0 aliphatic heterocycles. The Kier molecular flexibility index (Phi) is 8.66. The molecule has 3 heteroatoms. The number of nitrogens with two attached hydrogens (primary N) is 2. The molecule has 1 aromatic heterocycles. The lowest BCUT2D eigenvalue weighted by Gasteiger charge is -2.17. The molecule has 41 heavy (non-hydrogen) atoms. The number of nitrogen functional groups attached to an aromatic ring is 1. The number of benzene rings is 4. The van der Waals surface area contributed by atoms with E-state index in [1.165, 1.54) is 33.4 Å². The van der Waals surface area contributed by atoms with Crippen molar-refractivity contribution in [2.75, 3.05) is 5.73 Å². The Morgan fingerprint density at radius 2 is 0.976 bits per heavy atom. The molecule has 0 amide bonds. The Bertz CT molecular complexity index is 1590. The van der Waals surface area contributed by atoms with E-state index in [2.05, 4.69) is 119 Å². The topological polar surface area (TPSA) is 64.9 Å². The number of nitrogens with zero attached hydrogens (tertiary/aromatic N) is 1. The van der Waals surface area contributed by atoms with Crippen molar-refractivity contribution in [3.8, 4) is 44.8 Å². The normalized spacial score (nSPS) is 11.1. The maximum absolute atomic E-state index is 6.77. The highest BCUT2D eigenvalue weighted by Crippen LogP contribution is 2.37. The Labute approximate surface area is 245 Å². The SMILES string of the molecule is CCc1ccc(-c2cc(-c3ccc(-c4ccc(CN)cc4)cc3N)cc(-c3ccc(CC)cc3CC)n2)c(CC)c1. The minimum atomic E-state index is 0.538. The van der Waals surface area contributed by atoms with E-state index in [0.29, 0.717) is 6.54 Å². The summed E-state index contributed by atoms with van der Waals surface area (Å²) in [6.45, 7) is 9.39.